The Kier molecular flexibility index (Phi) is 3.98. The van der Waals surface area contributed by atoms with Crippen molar-refractivity contribution in [3.8, 4) is 0 Å². The van der Waals surface area contributed by atoms with E-state index in [1.54, 1.807) is 0 Å². The van der Waals surface area contributed by atoms with Gasteiger partial charge in [0.05, 0.1) is 0 Å². The smallest absolute Gasteiger partial charge is 0.272 e. The van der Waals surface area contributed by atoms with Crippen molar-refractivity contribution in [3.63, 3.8) is 0 Å². The van der Waals surface area contributed by atoms with Gasteiger partial charge in [0.1, 0.15) is 5.75 Å². The standard InChI is InChI=1S/C9H14O5S/c10-8(6-15(12,13)14)9(11)7-4-2-1-3-5-7/h7H,1-6H2,(H,12,13,14). The Morgan fingerprint density at radius 3 is 2.13 bits per heavy atom. The van der Waals surface area contributed by atoms with Crippen molar-refractivity contribution < 1.29 is 22.6 Å². The van der Waals surface area contributed by atoms with E-state index in [0.717, 1.165) is 19.3 Å². The van der Waals surface area contributed by atoms with Gasteiger partial charge in [-0.2, -0.15) is 8.42 Å². The monoisotopic (exact) mass is 234 g/mol. The molecule has 86 valence electrons. The summed E-state index contributed by atoms with van der Waals surface area (Å²) in [5, 5.41) is 0. The predicted molar refractivity (Wildman–Crippen MR) is 53.0 cm³/mol. The van der Waals surface area contributed by atoms with Crippen LogP contribution in [0.2, 0.25) is 0 Å². The third-order valence-electron chi connectivity index (χ3n) is 2.56. The third-order valence-corrected chi connectivity index (χ3v) is 3.19. The molecule has 0 spiro atoms. The van der Waals surface area contributed by atoms with Gasteiger partial charge < -0.3 is 0 Å². The number of carbonyl (C=O) groups excluding carboxylic acids is 2. The lowest BCUT2D eigenvalue weighted by Gasteiger charge is -2.18. The number of ketones is 2. The van der Waals surface area contributed by atoms with Gasteiger partial charge in [-0.3, -0.25) is 14.1 Å². The Hall–Kier alpha value is -0.750. The average molecular weight is 234 g/mol. The lowest BCUT2D eigenvalue weighted by Crippen LogP contribution is -2.30. The van der Waals surface area contributed by atoms with Crippen LogP contribution in [0.4, 0.5) is 0 Å². The van der Waals surface area contributed by atoms with Crippen molar-refractivity contribution in [1.82, 2.24) is 0 Å². The molecule has 0 aliphatic heterocycles. The van der Waals surface area contributed by atoms with Crippen molar-refractivity contribution in [3.05, 3.63) is 0 Å². The highest BCUT2D eigenvalue weighted by Crippen LogP contribution is 2.24. The maximum absolute atomic E-state index is 11.5. The van der Waals surface area contributed by atoms with Crippen molar-refractivity contribution in [2.24, 2.45) is 5.92 Å². The van der Waals surface area contributed by atoms with Gasteiger partial charge in [0.2, 0.25) is 11.6 Å². The zero-order valence-corrected chi connectivity index (χ0v) is 9.12. The Morgan fingerprint density at radius 2 is 1.67 bits per heavy atom. The SMILES string of the molecule is O=C(CS(=O)(=O)O)C(=O)C1CCCCC1. The van der Waals surface area contributed by atoms with E-state index in [2.05, 4.69) is 0 Å². The van der Waals surface area contributed by atoms with Crippen molar-refractivity contribution in [1.29, 1.82) is 0 Å². The van der Waals surface area contributed by atoms with Crippen molar-refractivity contribution >= 4 is 21.7 Å². The van der Waals surface area contributed by atoms with Gasteiger partial charge >= 0.3 is 0 Å². The molecule has 0 aromatic carbocycles. The molecule has 0 bridgehead atoms. The summed E-state index contributed by atoms with van der Waals surface area (Å²) >= 11 is 0. The van der Waals surface area contributed by atoms with E-state index in [4.69, 9.17) is 4.55 Å². The van der Waals surface area contributed by atoms with E-state index in [1.807, 2.05) is 0 Å². The number of Topliss-reactive ketones (excluding diaryl/α,β-unsaturated/α-hetero) is 2. The van der Waals surface area contributed by atoms with Crippen molar-refractivity contribution in [2.75, 3.05) is 5.75 Å². The minimum absolute atomic E-state index is 0.340. The summed E-state index contributed by atoms with van der Waals surface area (Å²) in [4.78, 5) is 22.6. The second-order valence-electron chi connectivity index (χ2n) is 3.85. The summed E-state index contributed by atoms with van der Waals surface area (Å²) < 4.78 is 29.3. The Morgan fingerprint density at radius 1 is 1.13 bits per heavy atom. The lowest BCUT2D eigenvalue weighted by molar-refractivity contribution is -0.138. The lowest BCUT2D eigenvalue weighted by atomic mass is 9.85. The molecule has 0 aromatic heterocycles. The first-order valence-electron chi connectivity index (χ1n) is 4.92. The van der Waals surface area contributed by atoms with Gasteiger partial charge in [-0.25, -0.2) is 0 Å². The summed E-state index contributed by atoms with van der Waals surface area (Å²) in [5.74, 6) is -3.06. The highest BCUT2D eigenvalue weighted by atomic mass is 32.2. The Balaban J connectivity index is 2.56. The van der Waals surface area contributed by atoms with Crippen molar-refractivity contribution in [2.45, 2.75) is 32.1 Å². The molecule has 0 aromatic rings. The molecule has 0 atom stereocenters. The summed E-state index contributed by atoms with van der Waals surface area (Å²) in [6.45, 7) is 0. The van der Waals surface area contributed by atoms with Crippen LogP contribution in [0.3, 0.4) is 0 Å². The highest BCUT2D eigenvalue weighted by molar-refractivity contribution is 7.86. The van der Waals surface area contributed by atoms with Crippen LogP contribution < -0.4 is 0 Å². The van der Waals surface area contributed by atoms with E-state index in [9.17, 15) is 18.0 Å². The van der Waals surface area contributed by atoms with Crippen LogP contribution >= 0.6 is 0 Å². The van der Waals surface area contributed by atoms with Crippen LogP contribution in [0.25, 0.3) is 0 Å². The molecule has 1 aliphatic carbocycles. The van der Waals surface area contributed by atoms with Crippen LogP contribution in [0, 0.1) is 5.92 Å². The third kappa shape index (κ3) is 4.09. The van der Waals surface area contributed by atoms with E-state index >= 15 is 0 Å². The normalized spacial score (nSPS) is 18.7. The maximum Gasteiger partial charge on any atom is 0.272 e. The molecule has 6 heteroatoms. The number of rotatable bonds is 4. The molecule has 0 heterocycles. The highest BCUT2D eigenvalue weighted by Gasteiger charge is 2.28. The fraction of sp³-hybridized carbons (Fsp3) is 0.778. The molecule has 1 aliphatic rings. The summed E-state index contributed by atoms with van der Waals surface area (Å²) in [6.07, 6.45) is 4.15. The van der Waals surface area contributed by atoms with Gasteiger partial charge in [-0.05, 0) is 12.8 Å². The van der Waals surface area contributed by atoms with Gasteiger partial charge in [0.15, 0.2) is 0 Å². The number of hydrogen-bond acceptors (Lipinski definition) is 4. The fourth-order valence-electron chi connectivity index (χ4n) is 1.83. The summed E-state index contributed by atoms with van der Waals surface area (Å²) in [6, 6.07) is 0. The van der Waals surface area contributed by atoms with Crippen LogP contribution in [-0.4, -0.2) is 30.3 Å². The quantitative estimate of drug-likeness (QED) is 0.568. The molecule has 0 saturated heterocycles. The summed E-state index contributed by atoms with van der Waals surface area (Å²) in [5.41, 5.74) is 0. The molecule has 1 fully saturated rings. The predicted octanol–water partition coefficient (Wildman–Crippen LogP) is 0.593. The topological polar surface area (TPSA) is 88.5 Å². The van der Waals surface area contributed by atoms with Crippen LogP contribution in [0.15, 0.2) is 0 Å². The number of hydrogen-bond donors (Lipinski definition) is 1. The summed E-state index contributed by atoms with van der Waals surface area (Å²) in [7, 11) is -4.38. The van der Waals surface area contributed by atoms with E-state index in [1.165, 1.54) is 0 Å². The zero-order chi connectivity index (χ0) is 11.5. The average Bonchev–Trinajstić information content (AvgIpc) is 2.15. The number of carbonyl (C=O) groups is 2. The van der Waals surface area contributed by atoms with Gasteiger partial charge in [0.25, 0.3) is 10.1 Å². The molecule has 15 heavy (non-hydrogen) atoms. The van der Waals surface area contributed by atoms with Gasteiger partial charge in [-0.1, -0.05) is 19.3 Å². The molecule has 5 nitrogen and oxygen atoms in total. The molecule has 1 rings (SSSR count). The minimum Gasteiger partial charge on any atom is -0.291 e. The van der Waals surface area contributed by atoms with Crippen LogP contribution in [0.5, 0.6) is 0 Å². The van der Waals surface area contributed by atoms with Gasteiger partial charge in [0, 0.05) is 5.92 Å². The molecule has 1 saturated carbocycles. The van der Waals surface area contributed by atoms with E-state index in [-0.39, 0.29) is 5.92 Å². The van der Waals surface area contributed by atoms with E-state index in [0.29, 0.717) is 12.8 Å². The molecular weight excluding hydrogens is 220 g/mol. The molecule has 0 amide bonds. The fourth-order valence-corrected chi connectivity index (χ4v) is 2.30. The van der Waals surface area contributed by atoms with E-state index < -0.39 is 27.4 Å². The molecule has 1 N–H and O–H groups in total. The minimum atomic E-state index is -4.38. The maximum atomic E-state index is 11.5. The largest absolute Gasteiger partial charge is 0.291 e. The Labute approximate surface area is 88.6 Å². The van der Waals surface area contributed by atoms with Gasteiger partial charge in [-0.15, -0.1) is 0 Å². The molecular formula is C9H14O5S. The second-order valence-corrected chi connectivity index (χ2v) is 5.30. The zero-order valence-electron chi connectivity index (χ0n) is 8.31. The Bertz CT molecular complexity index is 351. The van der Waals surface area contributed by atoms with Crippen LogP contribution in [-0.2, 0) is 19.7 Å². The second kappa shape index (κ2) is 4.85. The first kappa shape index (κ1) is 12.3. The molecule has 0 unspecified atom stereocenters. The molecule has 0 radical (unpaired) electrons. The first-order chi connectivity index (χ1) is 6.90. The van der Waals surface area contributed by atoms with Crippen LogP contribution in [0.1, 0.15) is 32.1 Å². The first-order valence-corrected chi connectivity index (χ1v) is 6.53.